The lowest BCUT2D eigenvalue weighted by molar-refractivity contribution is -0.114. The molecular weight excluding hydrogens is 368 g/mol. The molecule has 150 valence electrons. The molecule has 3 amide bonds. The SMILES string of the molecule is CC(=O)Nc1ccc(NC(=O)N2CCCC(c3nc4ccccc4o3)C2)cc1C. The molecule has 0 aliphatic carbocycles. The van der Waals surface area contributed by atoms with Crippen LogP contribution in [-0.4, -0.2) is 34.9 Å². The molecule has 1 aliphatic rings. The lowest BCUT2D eigenvalue weighted by atomic mass is 9.98. The molecule has 1 unspecified atom stereocenters. The quantitative estimate of drug-likeness (QED) is 0.687. The molecule has 1 aromatic heterocycles. The number of urea groups is 1. The van der Waals surface area contributed by atoms with Gasteiger partial charge in [0.2, 0.25) is 5.91 Å². The molecule has 2 N–H and O–H groups in total. The Hall–Kier alpha value is -3.35. The zero-order chi connectivity index (χ0) is 20.4. The summed E-state index contributed by atoms with van der Waals surface area (Å²) in [7, 11) is 0. The van der Waals surface area contributed by atoms with Crippen molar-refractivity contribution in [3.63, 3.8) is 0 Å². The fourth-order valence-electron chi connectivity index (χ4n) is 3.70. The van der Waals surface area contributed by atoms with Gasteiger partial charge < -0.3 is 20.0 Å². The monoisotopic (exact) mass is 392 g/mol. The fraction of sp³-hybridized carbons (Fsp3) is 0.318. The maximum absolute atomic E-state index is 12.8. The normalized spacial score (nSPS) is 16.6. The molecule has 1 fully saturated rings. The summed E-state index contributed by atoms with van der Waals surface area (Å²) < 4.78 is 5.91. The summed E-state index contributed by atoms with van der Waals surface area (Å²) in [6, 6.07) is 13.0. The van der Waals surface area contributed by atoms with Crippen molar-refractivity contribution in [1.82, 2.24) is 9.88 Å². The van der Waals surface area contributed by atoms with Gasteiger partial charge in [-0.3, -0.25) is 4.79 Å². The minimum Gasteiger partial charge on any atom is -0.440 e. The second kappa shape index (κ2) is 7.95. The first kappa shape index (κ1) is 19.0. The number of hydrogen-bond acceptors (Lipinski definition) is 4. The number of carbonyl (C=O) groups excluding carboxylic acids is 2. The van der Waals surface area contributed by atoms with E-state index in [1.54, 1.807) is 17.0 Å². The number of likely N-dealkylation sites (tertiary alicyclic amines) is 1. The average molecular weight is 392 g/mol. The Morgan fingerprint density at radius 1 is 1.17 bits per heavy atom. The van der Waals surface area contributed by atoms with Crippen LogP contribution in [0, 0.1) is 6.92 Å². The Balaban J connectivity index is 1.43. The highest BCUT2D eigenvalue weighted by Crippen LogP contribution is 2.29. The van der Waals surface area contributed by atoms with E-state index in [9.17, 15) is 9.59 Å². The number of amides is 3. The van der Waals surface area contributed by atoms with Crippen molar-refractivity contribution < 1.29 is 14.0 Å². The molecule has 2 aromatic carbocycles. The standard InChI is InChI=1S/C22H24N4O3/c1-14-12-17(9-10-18(14)23-15(2)27)24-22(28)26-11-5-6-16(13-26)21-25-19-7-3-4-8-20(19)29-21/h3-4,7-10,12,16H,5-6,11,13H2,1-2H3,(H,23,27)(H,24,28). The highest BCUT2D eigenvalue weighted by Gasteiger charge is 2.28. The molecule has 0 radical (unpaired) electrons. The van der Waals surface area contributed by atoms with Gasteiger partial charge in [-0.25, -0.2) is 9.78 Å². The minimum atomic E-state index is -0.141. The van der Waals surface area contributed by atoms with Crippen LogP contribution in [0.5, 0.6) is 0 Å². The van der Waals surface area contributed by atoms with Crippen molar-refractivity contribution in [3.8, 4) is 0 Å². The largest absolute Gasteiger partial charge is 0.440 e. The van der Waals surface area contributed by atoms with E-state index < -0.39 is 0 Å². The number of para-hydroxylation sites is 2. The smallest absolute Gasteiger partial charge is 0.321 e. The minimum absolute atomic E-state index is 0.0887. The molecule has 1 saturated heterocycles. The molecule has 29 heavy (non-hydrogen) atoms. The molecule has 1 aliphatic heterocycles. The molecule has 0 spiro atoms. The number of aromatic nitrogens is 1. The lowest BCUT2D eigenvalue weighted by Gasteiger charge is -2.31. The molecule has 7 nitrogen and oxygen atoms in total. The number of hydrogen-bond donors (Lipinski definition) is 2. The van der Waals surface area contributed by atoms with Crippen LogP contribution in [0.4, 0.5) is 16.2 Å². The second-order valence-electron chi connectivity index (χ2n) is 7.45. The van der Waals surface area contributed by atoms with Gasteiger partial charge in [0.1, 0.15) is 5.52 Å². The van der Waals surface area contributed by atoms with E-state index in [2.05, 4.69) is 15.6 Å². The molecule has 2 heterocycles. The predicted molar refractivity (Wildman–Crippen MR) is 112 cm³/mol. The van der Waals surface area contributed by atoms with Gasteiger partial charge in [-0.05, 0) is 55.7 Å². The molecule has 0 bridgehead atoms. The van der Waals surface area contributed by atoms with E-state index in [1.165, 1.54) is 6.92 Å². The van der Waals surface area contributed by atoms with Gasteiger partial charge >= 0.3 is 6.03 Å². The summed E-state index contributed by atoms with van der Waals surface area (Å²) in [5, 5.41) is 5.73. The average Bonchev–Trinajstić information content (AvgIpc) is 3.14. The first-order chi connectivity index (χ1) is 14.0. The van der Waals surface area contributed by atoms with Gasteiger partial charge in [0.25, 0.3) is 0 Å². The van der Waals surface area contributed by atoms with Crippen LogP contribution < -0.4 is 10.6 Å². The topological polar surface area (TPSA) is 87.5 Å². The zero-order valence-corrected chi connectivity index (χ0v) is 16.6. The van der Waals surface area contributed by atoms with E-state index in [1.807, 2.05) is 37.3 Å². The number of aryl methyl sites for hydroxylation is 1. The summed E-state index contributed by atoms with van der Waals surface area (Å²) in [6.07, 6.45) is 1.85. The highest BCUT2D eigenvalue weighted by molar-refractivity contribution is 5.92. The Morgan fingerprint density at radius 2 is 2.00 bits per heavy atom. The number of piperidine rings is 1. The Bertz CT molecular complexity index is 1030. The molecule has 1 atom stereocenters. The van der Waals surface area contributed by atoms with Crippen molar-refractivity contribution in [1.29, 1.82) is 0 Å². The number of carbonyl (C=O) groups is 2. The molecule has 0 saturated carbocycles. The van der Waals surface area contributed by atoms with Crippen molar-refractivity contribution in [3.05, 3.63) is 53.9 Å². The molecule has 4 rings (SSSR count). The number of rotatable bonds is 3. The maximum atomic E-state index is 12.8. The van der Waals surface area contributed by atoms with Crippen LogP contribution in [0.1, 0.15) is 37.1 Å². The van der Waals surface area contributed by atoms with E-state index >= 15 is 0 Å². The van der Waals surface area contributed by atoms with Gasteiger partial charge in [-0.1, -0.05) is 12.1 Å². The van der Waals surface area contributed by atoms with Crippen LogP contribution in [0.2, 0.25) is 0 Å². The predicted octanol–water partition coefficient (Wildman–Crippen LogP) is 4.51. The third-order valence-electron chi connectivity index (χ3n) is 5.16. The van der Waals surface area contributed by atoms with E-state index in [0.717, 1.165) is 35.2 Å². The number of nitrogens with zero attached hydrogens (tertiary/aromatic N) is 2. The van der Waals surface area contributed by atoms with Gasteiger partial charge in [-0.2, -0.15) is 0 Å². The Kier molecular flexibility index (Phi) is 5.20. The first-order valence-electron chi connectivity index (χ1n) is 9.79. The van der Waals surface area contributed by atoms with E-state index in [-0.39, 0.29) is 17.9 Å². The maximum Gasteiger partial charge on any atom is 0.321 e. The van der Waals surface area contributed by atoms with Gasteiger partial charge in [0, 0.05) is 31.4 Å². The summed E-state index contributed by atoms with van der Waals surface area (Å²) in [5.41, 5.74) is 3.95. The van der Waals surface area contributed by atoms with Crippen LogP contribution in [0.15, 0.2) is 46.9 Å². The highest BCUT2D eigenvalue weighted by atomic mass is 16.3. The molecule has 3 aromatic rings. The Morgan fingerprint density at radius 3 is 2.76 bits per heavy atom. The summed E-state index contributed by atoms with van der Waals surface area (Å²) in [5.74, 6) is 0.661. The molecule has 7 heteroatoms. The second-order valence-corrected chi connectivity index (χ2v) is 7.45. The van der Waals surface area contributed by atoms with E-state index in [0.29, 0.717) is 24.7 Å². The number of nitrogens with one attached hydrogen (secondary N) is 2. The first-order valence-corrected chi connectivity index (χ1v) is 9.79. The number of benzene rings is 2. The number of fused-ring (bicyclic) bond motifs is 1. The summed E-state index contributed by atoms with van der Waals surface area (Å²) in [4.78, 5) is 30.4. The summed E-state index contributed by atoms with van der Waals surface area (Å²) >= 11 is 0. The number of anilines is 2. The van der Waals surface area contributed by atoms with Crippen molar-refractivity contribution in [2.45, 2.75) is 32.6 Å². The van der Waals surface area contributed by atoms with Crippen molar-refractivity contribution in [2.75, 3.05) is 23.7 Å². The van der Waals surface area contributed by atoms with Crippen molar-refractivity contribution >= 4 is 34.4 Å². The van der Waals surface area contributed by atoms with Crippen LogP contribution in [-0.2, 0) is 4.79 Å². The Labute approximate surface area is 169 Å². The lowest BCUT2D eigenvalue weighted by Crippen LogP contribution is -2.41. The van der Waals surface area contributed by atoms with Gasteiger partial charge in [0.15, 0.2) is 11.5 Å². The van der Waals surface area contributed by atoms with Gasteiger partial charge in [-0.15, -0.1) is 0 Å². The number of oxazole rings is 1. The molecular formula is C22H24N4O3. The van der Waals surface area contributed by atoms with Crippen LogP contribution in [0.25, 0.3) is 11.1 Å². The van der Waals surface area contributed by atoms with Crippen LogP contribution >= 0.6 is 0 Å². The van der Waals surface area contributed by atoms with Crippen LogP contribution in [0.3, 0.4) is 0 Å². The third-order valence-corrected chi connectivity index (χ3v) is 5.16. The fourth-order valence-corrected chi connectivity index (χ4v) is 3.70. The van der Waals surface area contributed by atoms with Gasteiger partial charge in [0.05, 0.1) is 5.92 Å². The van der Waals surface area contributed by atoms with Crippen molar-refractivity contribution in [2.24, 2.45) is 0 Å². The third kappa shape index (κ3) is 4.23. The summed E-state index contributed by atoms with van der Waals surface area (Å²) in [6.45, 7) is 4.64. The zero-order valence-electron chi connectivity index (χ0n) is 16.6. The van der Waals surface area contributed by atoms with E-state index in [4.69, 9.17) is 4.42 Å².